The van der Waals surface area contributed by atoms with Gasteiger partial charge < -0.3 is 9.32 Å². The van der Waals surface area contributed by atoms with Crippen molar-refractivity contribution >= 4 is 12.0 Å². The summed E-state index contributed by atoms with van der Waals surface area (Å²) in [5, 5.41) is 0. The van der Waals surface area contributed by atoms with Crippen LogP contribution in [-0.2, 0) is 11.3 Å². The zero-order valence-electron chi connectivity index (χ0n) is 13.7. The predicted octanol–water partition coefficient (Wildman–Crippen LogP) is 4.35. The number of amides is 1. The molecule has 0 bridgehead atoms. The fourth-order valence-electron chi connectivity index (χ4n) is 2.19. The Morgan fingerprint density at radius 1 is 1.14 bits per heavy atom. The Morgan fingerprint density at radius 3 is 2.36 bits per heavy atom. The van der Waals surface area contributed by atoms with Crippen LogP contribution in [0, 0.1) is 13.8 Å². The van der Waals surface area contributed by atoms with Gasteiger partial charge in [-0.2, -0.15) is 0 Å². The van der Waals surface area contributed by atoms with Crippen molar-refractivity contribution in [3.05, 3.63) is 65.1 Å². The summed E-state index contributed by atoms with van der Waals surface area (Å²) in [6, 6.07) is 12.0. The summed E-state index contributed by atoms with van der Waals surface area (Å²) in [6.45, 7) is 8.45. The summed E-state index contributed by atoms with van der Waals surface area (Å²) in [5.41, 5.74) is 2.23. The number of furan rings is 1. The van der Waals surface area contributed by atoms with Gasteiger partial charge in [0, 0.05) is 12.1 Å². The van der Waals surface area contributed by atoms with Crippen LogP contribution in [0.25, 0.3) is 6.08 Å². The molecule has 1 aromatic heterocycles. The van der Waals surface area contributed by atoms with Crippen LogP contribution in [0.3, 0.4) is 0 Å². The molecule has 2 rings (SSSR count). The van der Waals surface area contributed by atoms with Gasteiger partial charge in [0.15, 0.2) is 0 Å². The first-order chi connectivity index (χ1) is 10.5. The van der Waals surface area contributed by atoms with Crippen LogP contribution >= 0.6 is 0 Å². The number of carbonyl (C=O) groups excluding carboxylic acids is 1. The standard InChI is InChI=1S/C19H23NO2/c1-14(2)20(13-18-11-7-16(4)22-18)19(21)12-10-17-8-5-15(3)6-9-17/h5-12,14H,13H2,1-4H3/b12-10+. The fourth-order valence-corrected chi connectivity index (χ4v) is 2.19. The van der Waals surface area contributed by atoms with Crippen LogP contribution in [-0.4, -0.2) is 16.8 Å². The van der Waals surface area contributed by atoms with E-state index in [4.69, 9.17) is 4.42 Å². The molecule has 2 aromatic rings. The Labute approximate surface area is 132 Å². The summed E-state index contributed by atoms with van der Waals surface area (Å²) >= 11 is 0. The third kappa shape index (κ3) is 4.35. The Balaban J connectivity index is 2.07. The van der Waals surface area contributed by atoms with Crippen molar-refractivity contribution in [3.63, 3.8) is 0 Å². The minimum absolute atomic E-state index is 0.00960. The van der Waals surface area contributed by atoms with Crippen LogP contribution in [0.1, 0.15) is 36.5 Å². The third-order valence-electron chi connectivity index (χ3n) is 3.52. The zero-order valence-corrected chi connectivity index (χ0v) is 13.7. The first-order valence-electron chi connectivity index (χ1n) is 7.56. The number of hydrogen-bond donors (Lipinski definition) is 0. The van der Waals surface area contributed by atoms with E-state index in [1.54, 1.807) is 11.0 Å². The highest BCUT2D eigenvalue weighted by atomic mass is 16.3. The maximum atomic E-state index is 12.4. The van der Waals surface area contributed by atoms with E-state index in [1.807, 2.05) is 70.2 Å². The van der Waals surface area contributed by atoms with E-state index < -0.39 is 0 Å². The molecule has 0 fully saturated rings. The normalized spacial score (nSPS) is 11.3. The van der Waals surface area contributed by atoms with Crippen molar-refractivity contribution in [2.45, 2.75) is 40.3 Å². The van der Waals surface area contributed by atoms with Crippen molar-refractivity contribution in [1.29, 1.82) is 0 Å². The van der Waals surface area contributed by atoms with E-state index in [9.17, 15) is 4.79 Å². The quantitative estimate of drug-likeness (QED) is 0.769. The Bertz CT molecular complexity index is 650. The number of rotatable bonds is 5. The maximum Gasteiger partial charge on any atom is 0.247 e. The van der Waals surface area contributed by atoms with Crippen LogP contribution in [0.5, 0.6) is 0 Å². The molecule has 0 spiro atoms. The molecule has 0 saturated carbocycles. The summed E-state index contributed by atoms with van der Waals surface area (Å²) in [6.07, 6.45) is 3.48. The lowest BCUT2D eigenvalue weighted by atomic mass is 10.1. The highest BCUT2D eigenvalue weighted by Gasteiger charge is 2.16. The van der Waals surface area contributed by atoms with E-state index in [1.165, 1.54) is 5.56 Å². The van der Waals surface area contributed by atoms with Crippen LogP contribution in [0.15, 0.2) is 46.9 Å². The molecule has 0 radical (unpaired) electrons. The lowest BCUT2D eigenvalue weighted by Gasteiger charge is -2.24. The van der Waals surface area contributed by atoms with Gasteiger partial charge in [0.2, 0.25) is 5.91 Å². The minimum atomic E-state index is -0.00960. The van der Waals surface area contributed by atoms with E-state index in [-0.39, 0.29) is 11.9 Å². The topological polar surface area (TPSA) is 33.5 Å². The smallest absolute Gasteiger partial charge is 0.247 e. The van der Waals surface area contributed by atoms with Gasteiger partial charge in [0.1, 0.15) is 11.5 Å². The Morgan fingerprint density at radius 2 is 1.82 bits per heavy atom. The van der Waals surface area contributed by atoms with Crippen molar-refractivity contribution in [2.24, 2.45) is 0 Å². The maximum absolute atomic E-state index is 12.4. The molecule has 0 aliphatic rings. The largest absolute Gasteiger partial charge is 0.464 e. The SMILES string of the molecule is Cc1ccc(/C=C/C(=O)N(Cc2ccc(C)o2)C(C)C)cc1. The van der Waals surface area contributed by atoms with Crippen LogP contribution in [0.2, 0.25) is 0 Å². The van der Waals surface area contributed by atoms with Gasteiger partial charge in [-0.25, -0.2) is 0 Å². The van der Waals surface area contributed by atoms with Gasteiger partial charge in [0.25, 0.3) is 0 Å². The van der Waals surface area contributed by atoms with Crippen molar-refractivity contribution in [3.8, 4) is 0 Å². The second-order valence-electron chi connectivity index (χ2n) is 5.82. The Hall–Kier alpha value is -2.29. The van der Waals surface area contributed by atoms with Crippen LogP contribution in [0.4, 0.5) is 0 Å². The molecule has 0 N–H and O–H groups in total. The number of aryl methyl sites for hydroxylation is 2. The minimum Gasteiger partial charge on any atom is -0.464 e. The lowest BCUT2D eigenvalue weighted by Crippen LogP contribution is -2.35. The van der Waals surface area contributed by atoms with E-state index in [0.29, 0.717) is 6.54 Å². The molecule has 1 heterocycles. The summed E-state index contributed by atoms with van der Waals surface area (Å²) in [5.74, 6) is 1.66. The van der Waals surface area contributed by atoms with Gasteiger partial charge in [0.05, 0.1) is 6.54 Å². The number of hydrogen-bond acceptors (Lipinski definition) is 2. The molecule has 116 valence electrons. The zero-order chi connectivity index (χ0) is 16.1. The number of nitrogens with zero attached hydrogens (tertiary/aromatic N) is 1. The predicted molar refractivity (Wildman–Crippen MR) is 89.3 cm³/mol. The van der Waals surface area contributed by atoms with Gasteiger partial charge in [-0.3, -0.25) is 4.79 Å². The molecular formula is C19H23NO2. The number of carbonyl (C=O) groups is 1. The molecule has 22 heavy (non-hydrogen) atoms. The van der Waals surface area contributed by atoms with E-state index in [0.717, 1.165) is 17.1 Å². The van der Waals surface area contributed by atoms with E-state index in [2.05, 4.69) is 0 Å². The molecule has 3 nitrogen and oxygen atoms in total. The molecule has 0 saturated heterocycles. The van der Waals surface area contributed by atoms with Crippen molar-refractivity contribution in [1.82, 2.24) is 4.90 Å². The lowest BCUT2D eigenvalue weighted by molar-refractivity contribution is -0.128. The van der Waals surface area contributed by atoms with Crippen molar-refractivity contribution < 1.29 is 9.21 Å². The first-order valence-corrected chi connectivity index (χ1v) is 7.56. The fraction of sp³-hybridized carbons (Fsp3) is 0.316. The average Bonchev–Trinajstić information content (AvgIpc) is 2.89. The molecule has 0 atom stereocenters. The monoisotopic (exact) mass is 297 g/mol. The molecule has 1 aromatic carbocycles. The van der Waals surface area contributed by atoms with Gasteiger partial charge in [-0.1, -0.05) is 29.8 Å². The molecule has 0 unspecified atom stereocenters. The van der Waals surface area contributed by atoms with Gasteiger partial charge >= 0.3 is 0 Å². The first kappa shape index (κ1) is 16.1. The third-order valence-corrected chi connectivity index (χ3v) is 3.52. The molecule has 1 amide bonds. The van der Waals surface area contributed by atoms with Gasteiger partial charge in [-0.05, 0) is 51.5 Å². The summed E-state index contributed by atoms with van der Waals surface area (Å²) in [4.78, 5) is 14.2. The second-order valence-corrected chi connectivity index (χ2v) is 5.82. The molecule has 0 aliphatic carbocycles. The van der Waals surface area contributed by atoms with Crippen LogP contribution < -0.4 is 0 Å². The molecule has 0 aliphatic heterocycles. The summed E-state index contributed by atoms with van der Waals surface area (Å²) < 4.78 is 5.57. The number of benzene rings is 1. The molecule has 3 heteroatoms. The molecular weight excluding hydrogens is 274 g/mol. The average molecular weight is 297 g/mol. The summed E-state index contributed by atoms with van der Waals surface area (Å²) in [7, 11) is 0. The highest BCUT2D eigenvalue weighted by molar-refractivity contribution is 5.91. The van der Waals surface area contributed by atoms with Crippen molar-refractivity contribution in [2.75, 3.05) is 0 Å². The second kappa shape index (κ2) is 7.12. The van der Waals surface area contributed by atoms with Gasteiger partial charge in [-0.15, -0.1) is 0 Å². The van der Waals surface area contributed by atoms with E-state index >= 15 is 0 Å². The Kier molecular flexibility index (Phi) is 5.21. The highest BCUT2D eigenvalue weighted by Crippen LogP contribution is 2.13.